The molecule has 3 unspecified atom stereocenters. The lowest BCUT2D eigenvalue weighted by atomic mass is 9.75. The van der Waals surface area contributed by atoms with Crippen molar-refractivity contribution in [2.24, 2.45) is 17.8 Å². The summed E-state index contributed by atoms with van der Waals surface area (Å²) in [5, 5.41) is 0. The van der Waals surface area contributed by atoms with Gasteiger partial charge in [0.25, 0.3) is 0 Å². The molecule has 0 spiro atoms. The number of hydrogen-bond acceptors (Lipinski definition) is 2. The highest BCUT2D eigenvalue weighted by atomic mass is 16.2. The number of unbranched alkanes of at least 4 members (excludes halogenated alkanes) is 1. The first-order valence-corrected chi connectivity index (χ1v) is 10.7. The third-order valence-corrected chi connectivity index (χ3v) is 6.68. The Labute approximate surface area is 153 Å². The van der Waals surface area contributed by atoms with Gasteiger partial charge in [-0.2, -0.15) is 0 Å². The lowest BCUT2D eigenvalue weighted by Gasteiger charge is -2.41. The summed E-state index contributed by atoms with van der Waals surface area (Å²) in [4.78, 5) is 28.9. The maximum atomic E-state index is 12.5. The van der Waals surface area contributed by atoms with Crippen molar-refractivity contribution in [1.29, 1.82) is 0 Å². The zero-order valence-electron chi connectivity index (χ0n) is 16.0. The molecule has 0 aromatic carbocycles. The van der Waals surface area contributed by atoms with Crippen molar-refractivity contribution >= 4 is 11.8 Å². The summed E-state index contributed by atoms with van der Waals surface area (Å²) in [5.41, 5.74) is 0. The summed E-state index contributed by atoms with van der Waals surface area (Å²) < 4.78 is 0. The van der Waals surface area contributed by atoms with Crippen molar-refractivity contribution in [3.63, 3.8) is 0 Å². The summed E-state index contributed by atoms with van der Waals surface area (Å²) >= 11 is 0. The Kier molecular flexibility index (Phi) is 6.77. The van der Waals surface area contributed by atoms with Gasteiger partial charge < -0.3 is 9.80 Å². The van der Waals surface area contributed by atoms with Crippen LogP contribution in [0.25, 0.3) is 0 Å². The smallest absolute Gasteiger partial charge is 0.222 e. The lowest BCUT2D eigenvalue weighted by Crippen LogP contribution is -2.44. The second-order valence-corrected chi connectivity index (χ2v) is 8.73. The normalized spacial score (nSPS) is 30.0. The Morgan fingerprint density at radius 2 is 1.40 bits per heavy atom. The fourth-order valence-corrected chi connectivity index (χ4v) is 5.11. The van der Waals surface area contributed by atoms with E-state index in [9.17, 15) is 9.59 Å². The van der Waals surface area contributed by atoms with Gasteiger partial charge in [0, 0.05) is 39.0 Å². The van der Waals surface area contributed by atoms with Crippen molar-refractivity contribution < 1.29 is 9.59 Å². The van der Waals surface area contributed by atoms with Crippen LogP contribution in [0.5, 0.6) is 0 Å². The van der Waals surface area contributed by atoms with Crippen LogP contribution in [-0.2, 0) is 9.59 Å². The Morgan fingerprint density at radius 3 is 2.08 bits per heavy atom. The SMILES string of the molecule is CC1CCCN(C(=O)CCCCC(=O)N2CCC3CCCCC3C2)C1. The third-order valence-electron chi connectivity index (χ3n) is 6.68. The van der Waals surface area contributed by atoms with E-state index in [1.807, 2.05) is 4.90 Å². The van der Waals surface area contributed by atoms with Crippen molar-refractivity contribution in [3.05, 3.63) is 0 Å². The molecule has 3 aliphatic rings. The molecular weight excluding hydrogens is 312 g/mol. The standard InChI is InChI=1S/C21H36N2O2/c1-17-7-6-13-22(15-17)20(24)10-4-5-11-21(25)23-14-12-18-8-2-3-9-19(18)16-23/h17-19H,2-16H2,1H3. The summed E-state index contributed by atoms with van der Waals surface area (Å²) in [7, 11) is 0. The minimum absolute atomic E-state index is 0.294. The second kappa shape index (κ2) is 9.05. The quantitative estimate of drug-likeness (QED) is 0.708. The van der Waals surface area contributed by atoms with E-state index in [4.69, 9.17) is 0 Å². The monoisotopic (exact) mass is 348 g/mol. The number of fused-ring (bicyclic) bond motifs is 1. The van der Waals surface area contributed by atoms with E-state index in [-0.39, 0.29) is 0 Å². The van der Waals surface area contributed by atoms with E-state index in [0.29, 0.717) is 30.6 Å². The molecule has 4 heteroatoms. The Hall–Kier alpha value is -1.06. The van der Waals surface area contributed by atoms with Gasteiger partial charge in [-0.15, -0.1) is 0 Å². The predicted molar refractivity (Wildman–Crippen MR) is 100 cm³/mol. The molecule has 0 N–H and O–H groups in total. The van der Waals surface area contributed by atoms with Crippen molar-refractivity contribution in [3.8, 4) is 0 Å². The van der Waals surface area contributed by atoms with Crippen LogP contribution < -0.4 is 0 Å². The van der Waals surface area contributed by atoms with Crippen molar-refractivity contribution in [2.75, 3.05) is 26.2 Å². The molecule has 3 fully saturated rings. The molecule has 1 aliphatic carbocycles. The van der Waals surface area contributed by atoms with E-state index in [0.717, 1.165) is 57.3 Å². The molecule has 25 heavy (non-hydrogen) atoms. The summed E-state index contributed by atoms with van der Waals surface area (Å²) in [6.07, 6.45) is 12.0. The fourth-order valence-electron chi connectivity index (χ4n) is 5.11. The van der Waals surface area contributed by atoms with Gasteiger partial charge in [0.2, 0.25) is 11.8 Å². The average molecular weight is 349 g/mol. The molecule has 4 nitrogen and oxygen atoms in total. The maximum absolute atomic E-state index is 12.5. The summed E-state index contributed by atoms with van der Waals surface area (Å²) in [5.74, 6) is 2.89. The molecule has 2 saturated heterocycles. The van der Waals surface area contributed by atoms with Crippen LogP contribution in [0, 0.1) is 17.8 Å². The zero-order valence-corrected chi connectivity index (χ0v) is 16.0. The molecule has 2 amide bonds. The molecule has 142 valence electrons. The average Bonchev–Trinajstić information content (AvgIpc) is 2.64. The van der Waals surface area contributed by atoms with Crippen LogP contribution >= 0.6 is 0 Å². The Bertz CT molecular complexity index is 465. The topological polar surface area (TPSA) is 40.6 Å². The molecule has 0 aromatic heterocycles. The van der Waals surface area contributed by atoms with Crippen LogP contribution in [0.4, 0.5) is 0 Å². The fraction of sp³-hybridized carbons (Fsp3) is 0.905. The number of amides is 2. The summed E-state index contributed by atoms with van der Waals surface area (Å²) in [6, 6.07) is 0. The molecule has 0 bridgehead atoms. The van der Waals surface area contributed by atoms with Crippen molar-refractivity contribution in [2.45, 2.75) is 77.6 Å². The highest BCUT2D eigenvalue weighted by Crippen LogP contribution is 2.36. The number of nitrogens with zero attached hydrogens (tertiary/aromatic N) is 2. The van der Waals surface area contributed by atoms with E-state index < -0.39 is 0 Å². The van der Waals surface area contributed by atoms with E-state index in [1.54, 1.807) is 0 Å². The highest BCUT2D eigenvalue weighted by molar-refractivity contribution is 5.77. The summed E-state index contributed by atoms with van der Waals surface area (Å²) in [6.45, 7) is 6.04. The van der Waals surface area contributed by atoms with Gasteiger partial charge in [-0.25, -0.2) is 0 Å². The van der Waals surface area contributed by atoms with Crippen LogP contribution in [0.15, 0.2) is 0 Å². The maximum Gasteiger partial charge on any atom is 0.222 e. The number of rotatable bonds is 5. The van der Waals surface area contributed by atoms with E-state index in [1.165, 1.54) is 38.5 Å². The van der Waals surface area contributed by atoms with Crippen LogP contribution in [0.3, 0.4) is 0 Å². The van der Waals surface area contributed by atoms with Gasteiger partial charge in [-0.05, 0) is 56.3 Å². The minimum Gasteiger partial charge on any atom is -0.342 e. The molecule has 0 aromatic rings. The first-order valence-electron chi connectivity index (χ1n) is 10.7. The molecule has 1 saturated carbocycles. The van der Waals surface area contributed by atoms with E-state index in [2.05, 4.69) is 11.8 Å². The van der Waals surface area contributed by atoms with Gasteiger partial charge in [0.05, 0.1) is 0 Å². The second-order valence-electron chi connectivity index (χ2n) is 8.73. The van der Waals surface area contributed by atoms with Gasteiger partial charge in [0.15, 0.2) is 0 Å². The van der Waals surface area contributed by atoms with Gasteiger partial charge in [-0.3, -0.25) is 9.59 Å². The largest absolute Gasteiger partial charge is 0.342 e. The number of likely N-dealkylation sites (tertiary alicyclic amines) is 2. The van der Waals surface area contributed by atoms with E-state index >= 15 is 0 Å². The van der Waals surface area contributed by atoms with Gasteiger partial charge >= 0.3 is 0 Å². The molecule has 0 radical (unpaired) electrons. The number of piperidine rings is 2. The van der Waals surface area contributed by atoms with Crippen LogP contribution in [-0.4, -0.2) is 47.8 Å². The van der Waals surface area contributed by atoms with Crippen LogP contribution in [0.1, 0.15) is 77.6 Å². The first kappa shape index (κ1) is 18.7. The highest BCUT2D eigenvalue weighted by Gasteiger charge is 2.32. The molecular formula is C21H36N2O2. The molecule has 3 atom stereocenters. The predicted octanol–water partition coefficient (Wildman–Crippen LogP) is 3.84. The Balaban J connectivity index is 1.32. The minimum atomic E-state index is 0.294. The molecule has 2 heterocycles. The first-order chi connectivity index (χ1) is 12.1. The molecule has 2 aliphatic heterocycles. The number of hydrogen-bond donors (Lipinski definition) is 0. The molecule has 3 rings (SSSR count). The lowest BCUT2D eigenvalue weighted by molar-refractivity contribution is -0.135. The zero-order chi connectivity index (χ0) is 17.6. The Morgan fingerprint density at radius 1 is 0.760 bits per heavy atom. The van der Waals surface area contributed by atoms with Crippen molar-refractivity contribution in [1.82, 2.24) is 9.80 Å². The van der Waals surface area contributed by atoms with Crippen LogP contribution in [0.2, 0.25) is 0 Å². The number of carbonyl (C=O) groups excluding carboxylic acids is 2. The van der Waals surface area contributed by atoms with Gasteiger partial charge in [-0.1, -0.05) is 26.2 Å². The third kappa shape index (κ3) is 5.21. The van der Waals surface area contributed by atoms with Gasteiger partial charge in [0.1, 0.15) is 0 Å². The number of carbonyl (C=O) groups is 2.